The second-order valence-electron chi connectivity index (χ2n) is 7.30. The van der Waals surface area contributed by atoms with Gasteiger partial charge in [-0.3, -0.25) is 0 Å². The van der Waals surface area contributed by atoms with Crippen LogP contribution in [-0.2, 0) is 0 Å². The third-order valence-electron chi connectivity index (χ3n) is 4.21. The van der Waals surface area contributed by atoms with Gasteiger partial charge in [-0.05, 0) is 13.0 Å². The van der Waals surface area contributed by atoms with Gasteiger partial charge in [0.25, 0.3) is 0 Å². The number of alkyl halides is 16. The molecule has 31 heavy (non-hydrogen) atoms. The summed E-state index contributed by atoms with van der Waals surface area (Å²) in [5.41, 5.74) is -7.03. The molecular weight excluding hydrogens is 524 g/mol. The van der Waals surface area contributed by atoms with Crippen LogP contribution in [0.4, 0.5) is 70.2 Å². The summed E-state index contributed by atoms with van der Waals surface area (Å²) in [6, 6.07) is -1.12. The fourth-order valence-electron chi connectivity index (χ4n) is 2.00. The highest BCUT2D eigenvalue weighted by molar-refractivity contribution is 7.19. The van der Waals surface area contributed by atoms with E-state index in [4.69, 9.17) is 11.1 Å². The quantitative estimate of drug-likeness (QED) is 0.160. The molecule has 0 aromatic rings. The van der Waals surface area contributed by atoms with E-state index in [1.54, 1.807) is 0 Å². The molecular formula is C13H13ClF16Si. The molecule has 1 atom stereocenters. The Hall–Kier alpha value is -0.613. The van der Waals surface area contributed by atoms with E-state index < -0.39 is 74.2 Å². The van der Waals surface area contributed by atoms with Crippen molar-refractivity contribution in [2.45, 2.75) is 79.9 Å². The predicted molar refractivity (Wildman–Crippen MR) is 78.0 cm³/mol. The molecule has 0 saturated carbocycles. The zero-order valence-electron chi connectivity index (χ0n) is 15.3. The smallest absolute Gasteiger partial charge is 0.230 e. The molecule has 1 unspecified atom stereocenters. The Bertz CT molecular complexity index is 645. The van der Waals surface area contributed by atoms with Crippen LogP contribution in [0.5, 0.6) is 0 Å². The van der Waals surface area contributed by atoms with E-state index in [0.717, 1.165) is 13.1 Å². The number of rotatable bonds is 9. The SMILES string of the molecule is CC(F)(C(F)(F)C(F)(F)C(F)(F)CC[Si](C)(C)Cl)C(F)(F)C(F)(F)C(F)(F)C(F)(F)F. The molecule has 0 saturated heterocycles. The average molecular weight is 537 g/mol. The van der Waals surface area contributed by atoms with Crippen LogP contribution >= 0.6 is 11.1 Å². The van der Waals surface area contributed by atoms with Gasteiger partial charge in [0, 0.05) is 6.42 Å². The van der Waals surface area contributed by atoms with Crippen LogP contribution in [0.2, 0.25) is 19.1 Å². The van der Waals surface area contributed by atoms with Crippen molar-refractivity contribution in [1.82, 2.24) is 0 Å². The van der Waals surface area contributed by atoms with Crippen molar-refractivity contribution < 1.29 is 70.2 Å². The van der Waals surface area contributed by atoms with E-state index in [-0.39, 0.29) is 0 Å². The maximum Gasteiger partial charge on any atom is 0.460 e. The second kappa shape index (κ2) is 7.72. The lowest BCUT2D eigenvalue weighted by atomic mass is 9.81. The van der Waals surface area contributed by atoms with Crippen LogP contribution in [0, 0.1) is 0 Å². The monoisotopic (exact) mass is 536 g/mol. The zero-order valence-corrected chi connectivity index (χ0v) is 17.1. The lowest BCUT2D eigenvalue weighted by molar-refractivity contribution is -0.438. The molecule has 0 aromatic heterocycles. The summed E-state index contributed by atoms with van der Waals surface area (Å²) < 4.78 is 212. The molecule has 188 valence electrons. The van der Waals surface area contributed by atoms with Gasteiger partial charge in [0.05, 0.1) is 0 Å². The molecule has 0 aliphatic rings. The van der Waals surface area contributed by atoms with E-state index in [1.165, 1.54) is 0 Å². The predicted octanol–water partition coefficient (Wildman–Crippen LogP) is 7.92. The van der Waals surface area contributed by atoms with E-state index in [9.17, 15) is 70.2 Å². The average Bonchev–Trinajstić information content (AvgIpc) is 2.50. The molecule has 0 aliphatic heterocycles. The Morgan fingerprint density at radius 2 is 0.871 bits per heavy atom. The van der Waals surface area contributed by atoms with Crippen LogP contribution in [0.3, 0.4) is 0 Å². The number of hydrogen-bond donors (Lipinski definition) is 0. The molecule has 18 heteroatoms. The summed E-state index contributed by atoms with van der Waals surface area (Å²) in [5, 5.41) is 0. The van der Waals surface area contributed by atoms with Crippen molar-refractivity contribution in [3.8, 4) is 0 Å². The van der Waals surface area contributed by atoms with E-state index in [0.29, 0.717) is 0 Å². The highest BCUT2D eigenvalue weighted by Crippen LogP contribution is 2.63. The van der Waals surface area contributed by atoms with Gasteiger partial charge in [-0.1, -0.05) is 13.1 Å². The number of halogens is 17. The summed E-state index contributed by atoms with van der Waals surface area (Å²) in [4.78, 5) is 0. The highest BCUT2D eigenvalue weighted by Gasteiger charge is 2.92. The van der Waals surface area contributed by atoms with Crippen molar-refractivity contribution in [3.05, 3.63) is 0 Å². The van der Waals surface area contributed by atoms with Gasteiger partial charge in [0.2, 0.25) is 5.67 Å². The first kappa shape index (κ1) is 30.4. The van der Waals surface area contributed by atoms with Crippen LogP contribution in [0.15, 0.2) is 0 Å². The van der Waals surface area contributed by atoms with Crippen molar-refractivity contribution in [2.24, 2.45) is 0 Å². The summed E-state index contributed by atoms with van der Waals surface area (Å²) in [5.74, 6) is -44.9. The number of hydrogen-bond acceptors (Lipinski definition) is 0. The Kier molecular flexibility index (Phi) is 7.57. The van der Waals surface area contributed by atoms with Crippen molar-refractivity contribution in [2.75, 3.05) is 0 Å². The van der Waals surface area contributed by atoms with Gasteiger partial charge in [0.15, 0.2) is 7.38 Å². The van der Waals surface area contributed by atoms with Crippen molar-refractivity contribution >= 4 is 18.5 Å². The van der Waals surface area contributed by atoms with Crippen LogP contribution in [-0.4, -0.2) is 54.8 Å². The minimum Gasteiger partial charge on any atom is -0.230 e. The molecule has 0 aliphatic carbocycles. The lowest BCUT2D eigenvalue weighted by Crippen LogP contribution is -2.74. The summed E-state index contributed by atoms with van der Waals surface area (Å²) in [6.07, 6.45) is -9.89. The van der Waals surface area contributed by atoms with Gasteiger partial charge >= 0.3 is 41.7 Å². The third-order valence-corrected chi connectivity index (χ3v) is 6.22. The van der Waals surface area contributed by atoms with E-state index >= 15 is 0 Å². The molecule has 0 fully saturated rings. The minimum atomic E-state index is -8.10. The molecule has 0 heterocycles. The Balaban J connectivity index is 6.56. The molecule has 0 aromatic carbocycles. The summed E-state index contributed by atoms with van der Waals surface area (Å²) in [6.45, 7) is 0.458. The Labute approximate surface area is 169 Å². The van der Waals surface area contributed by atoms with Crippen LogP contribution in [0.25, 0.3) is 0 Å². The molecule has 0 nitrogen and oxygen atoms in total. The van der Waals surface area contributed by atoms with E-state index in [2.05, 4.69) is 0 Å². The minimum absolute atomic E-state index is 1.04. The molecule has 0 rings (SSSR count). The van der Waals surface area contributed by atoms with Gasteiger partial charge in [-0.15, -0.1) is 0 Å². The topological polar surface area (TPSA) is 0 Å². The third kappa shape index (κ3) is 4.58. The van der Waals surface area contributed by atoms with Gasteiger partial charge < -0.3 is 0 Å². The molecule has 0 N–H and O–H groups in total. The molecule has 0 bridgehead atoms. The maximum atomic E-state index is 14.0. The highest BCUT2D eigenvalue weighted by atomic mass is 35.6. The normalized spacial score (nSPS) is 18.2. The zero-order chi connectivity index (χ0) is 25.9. The molecule has 0 amide bonds. The van der Waals surface area contributed by atoms with Gasteiger partial charge in [0.1, 0.15) is 0 Å². The summed E-state index contributed by atoms with van der Waals surface area (Å²) >= 11 is 5.51. The standard InChI is InChI=1S/C13H13ClF16Si/c1-6(15,9(20,21)11(24,25)12(26,27)13(28,29)30)8(18,19)10(22,23)7(16,17)4-5-31(2,3)14/h4-5H2,1-3H3. The second-order valence-corrected chi connectivity index (χ2v) is 14.3. The van der Waals surface area contributed by atoms with Gasteiger partial charge in [-0.2, -0.15) is 76.9 Å². The maximum absolute atomic E-state index is 14.0. The Morgan fingerprint density at radius 1 is 0.548 bits per heavy atom. The molecule has 0 spiro atoms. The van der Waals surface area contributed by atoms with Crippen molar-refractivity contribution in [3.63, 3.8) is 0 Å². The van der Waals surface area contributed by atoms with Crippen LogP contribution in [0.1, 0.15) is 13.3 Å². The Morgan fingerprint density at radius 3 is 1.16 bits per heavy atom. The van der Waals surface area contributed by atoms with Crippen LogP contribution < -0.4 is 0 Å². The lowest BCUT2D eigenvalue weighted by Gasteiger charge is -2.45. The summed E-state index contributed by atoms with van der Waals surface area (Å²) in [7, 11) is -3.24. The fourth-order valence-corrected chi connectivity index (χ4v) is 3.19. The first-order valence-electron chi connectivity index (χ1n) is 7.67. The first-order chi connectivity index (χ1) is 13.0. The van der Waals surface area contributed by atoms with Gasteiger partial charge in [-0.25, -0.2) is 4.39 Å². The largest absolute Gasteiger partial charge is 0.460 e. The fraction of sp³-hybridized carbons (Fsp3) is 1.00. The van der Waals surface area contributed by atoms with E-state index in [1.807, 2.05) is 0 Å². The molecule has 0 radical (unpaired) electrons. The van der Waals surface area contributed by atoms with Crippen molar-refractivity contribution in [1.29, 1.82) is 0 Å². The first-order valence-corrected chi connectivity index (χ1v) is 11.9.